The monoisotopic (exact) mass is 265 g/mol. The summed E-state index contributed by atoms with van der Waals surface area (Å²) in [7, 11) is 0. The van der Waals surface area contributed by atoms with E-state index in [9.17, 15) is 4.79 Å². The molecule has 19 heavy (non-hydrogen) atoms. The fourth-order valence-corrected chi connectivity index (χ4v) is 2.50. The molecule has 1 aliphatic carbocycles. The van der Waals surface area contributed by atoms with Crippen LogP contribution < -0.4 is 5.32 Å². The summed E-state index contributed by atoms with van der Waals surface area (Å²) in [6, 6.07) is 1.87. The normalized spacial score (nSPS) is 18.2. The maximum Gasteiger partial charge on any atom is 0.271 e. The molecule has 0 bridgehead atoms. The molecular formula is C14H23N3O2. The lowest BCUT2D eigenvalue weighted by Gasteiger charge is -2.19. The highest BCUT2D eigenvalue weighted by molar-refractivity contribution is 5.92. The van der Waals surface area contributed by atoms with Crippen molar-refractivity contribution in [1.82, 2.24) is 15.5 Å². The molecular weight excluding hydrogens is 242 g/mol. The Hall–Kier alpha value is -1.36. The number of hydrogen-bond donors (Lipinski definition) is 3. The Morgan fingerprint density at radius 1 is 1.53 bits per heavy atom. The van der Waals surface area contributed by atoms with Gasteiger partial charge in [0.1, 0.15) is 5.69 Å². The summed E-state index contributed by atoms with van der Waals surface area (Å²) in [5, 5.41) is 18.8. The third-order valence-electron chi connectivity index (χ3n) is 3.80. The van der Waals surface area contributed by atoms with Crippen LogP contribution in [-0.2, 0) is 0 Å². The number of rotatable bonds is 5. The van der Waals surface area contributed by atoms with Crippen LogP contribution in [0, 0.1) is 5.92 Å². The topological polar surface area (TPSA) is 78.0 Å². The highest BCUT2D eigenvalue weighted by Crippen LogP contribution is 2.31. The molecule has 0 radical (unpaired) electrons. The van der Waals surface area contributed by atoms with Crippen LogP contribution in [0.1, 0.15) is 61.1 Å². The Bertz CT molecular complexity index is 411. The molecule has 1 aromatic rings. The van der Waals surface area contributed by atoms with Gasteiger partial charge >= 0.3 is 0 Å². The van der Waals surface area contributed by atoms with Crippen molar-refractivity contribution >= 4 is 5.91 Å². The molecule has 0 aromatic carbocycles. The van der Waals surface area contributed by atoms with Crippen molar-refractivity contribution in [2.45, 2.75) is 44.9 Å². The van der Waals surface area contributed by atoms with Gasteiger partial charge in [0.2, 0.25) is 0 Å². The molecule has 1 fully saturated rings. The Morgan fingerprint density at radius 3 is 2.95 bits per heavy atom. The van der Waals surface area contributed by atoms with Gasteiger partial charge in [-0.1, -0.05) is 26.2 Å². The minimum absolute atomic E-state index is 0.0701. The van der Waals surface area contributed by atoms with Crippen LogP contribution in [0.25, 0.3) is 0 Å². The average molecular weight is 265 g/mol. The highest BCUT2D eigenvalue weighted by atomic mass is 16.3. The van der Waals surface area contributed by atoms with Crippen LogP contribution in [0.15, 0.2) is 6.07 Å². The minimum atomic E-state index is -0.168. The molecule has 0 spiro atoms. The van der Waals surface area contributed by atoms with Gasteiger partial charge in [0, 0.05) is 24.8 Å². The number of aliphatic hydroxyl groups is 1. The summed E-state index contributed by atoms with van der Waals surface area (Å²) in [5.41, 5.74) is 1.53. The van der Waals surface area contributed by atoms with Gasteiger partial charge in [-0.2, -0.15) is 5.10 Å². The Labute approximate surface area is 113 Å². The second kappa shape index (κ2) is 6.70. The van der Waals surface area contributed by atoms with E-state index >= 15 is 0 Å². The Kier molecular flexibility index (Phi) is 4.96. The minimum Gasteiger partial charge on any atom is -0.396 e. The van der Waals surface area contributed by atoms with Crippen LogP contribution in [0.2, 0.25) is 0 Å². The number of carbonyl (C=O) groups excluding carboxylic acids is 1. The first-order valence-corrected chi connectivity index (χ1v) is 7.15. The zero-order valence-electron chi connectivity index (χ0n) is 11.5. The maximum atomic E-state index is 11.9. The van der Waals surface area contributed by atoms with Crippen molar-refractivity contribution in [2.24, 2.45) is 5.92 Å². The lowest BCUT2D eigenvalue weighted by atomic mass is 9.87. The Morgan fingerprint density at radius 2 is 2.26 bits per heavy atom. The fourth-order valence-electron chi connectivity index (χ4n) is 2.50. The molecule has 1 unspecified atom stereocenters. The molecule has 0 saturated heterocycles. The smallest absolute Gasteiger partial charge is 0.271 e. The number of aromatic nitrogens is 2. The lowest BCUT2D eigenvalue weighted by molar-refractivity contribution is 0.0937. The van der Waals surface area contributed by atoms with Crippen LogP contribution >= 0.6 is 0 Å². The van der Waals surface area contributed by atoms with Gasteiger partial charge in [-0.25, -0.2) is 0 Å². The van der Waals surface area contributed by atoms with E-state index in [0.717, 1.165) is 5.69 Å². The number of H-pyrrole nitrogens is 1. The SMILES string of the molecule is CC(CO)CNC(=O)c1cc(C2CCCCC2)[nH]n1. The van der Waals surface area contributed by atoms with Gasteiger partial charge in [0.25, 0.3) is 5.91 Å². The molecule has 1 saturated carbocycles. The molecule has 1 aromatic heterocycles. The number of aromatic amines is 1. The third kappa shape index (κ3) is 3.80. The molecule has 2 rings (SSSR count). The second-order valence-electron chi connectivity index (χ2n) is 5.54. The van der Waals surface area contributed by atoms with Gasteiger partial charge in [-0.15, -0.1) is 0 Å². The molecule has 1 heterocycles. The predicted molar refractivity (Wildman–Crippen MR) is 73.0 cm³/mol. The number of hydrogen-bond acceptors (Lipinski definition) is 3. The van der Waals surface area contributed by atoms with Gasteiger partial charge in [-0.05, 0) is 24.8 Å². The van der Waals surface area contributed by atoms with E-state index in [4.69, 9.17) is 5.11 Å². The largest absolute Gasteiger partial charge is 0.396 e. The summed E-state index contributed by atoms with van der Waals surface area (Å²) in [6.45, 7) is 2.44. The van der Waals surface area contributed by atoms with Crippen molar-refractivity contribution < 1.29 is 9.90 Å². The maximum absolute atomic E-state index is 11.9. The standard InChI is InChI=1S/C14H23N3O2/c1-10(9-18)8-15-14(19)13-7-12(16-17-13)11-5-3-2-4-6-11/h7,10-11,18H,2-6,8-9H2,1H3,(H,15,19)(H,16,17). The van der Waals surface area contributed by atoms with Gasteiger partial charge in [0.15, 0.2) is 0 Å². The molecule has 5 heteroatoms. The highest BCUT2D eigenvalue weighted by Gasteiger charge is 2.19. The summed E-state index contributed by atoms with van der Waals surface area (Å²) in [5.74, 6) is 0.429. The molecule has 1 amide bonds. The fraction of sp³-hybridized carbons (Fsp3) is 0.714. The number of carbonyl (C=O) groups is 1. The van der Waals surface area contributed by atoms with E-state index < -0.39 is 0 Å². The molecule has 106 valence electrons. The predicted octanol–water partition coefficient (Wildman–Crippen LogP) is 1.82. The number of nitrogens with zero attached hydrogens (tertiary/aromatic N) is 1. The summed E-state index contributed by atoms with van der Waals surface area (Å²) >= 11 is 0. The van der Waals surface area contributed by atoms with Crippen LogP contribution in [-0.4, -0.2) is 34.4 Å². The second-order valence-corrected chi connectivity index (χ2v) is 5.54. The Balaban J connectivity index is 1.90. The zero-order chi connectivity index (χ0) is 13.7. The van der Waals surface area contributed by atoms with Crippen molar-refractivity contribution in [3.05, 3.63) is 17.5 Å². The molecule has 5 nitrogen and oxygen atoms in total. The van der Waals surface area contributed by atoms with Gasteiger partial charge in [-0.3, -0.25) is 9.89 Å². The number of nitrogens with one attached hydrogen (secondary N) is 2. The van der Waals surface area contributed by atoms with E-state index in [-0.39, 0.29) is 18.4 Å². The third-order valence-corrected chi connectivity index (χ3v) is 3.80. The molecule has 3 N–H and O–H groups in total. The quantitative estimate of drug-likeness (QED) is 0.760. The van der Waals surface area contributed by atoms with E-state index in [2.05, 4.69) is 15.5 Å². The lowest BCUT2D eigenvalue weighted by Crippen LogP contribution is -2.29. The van der Waals surface area contributed by atoms with Gasteiger partial charge in [0.05, 0.1) is 0 Å². The molecule has 0 aliphatic heterocycles. The van der Waals surface area contributed by atoms with Gasteiger partial charge < -0.3 is 10.4 Å². The van der Waals surface area contributed by atoms with Crippen molar-refractivity contribution in [3.63, 3.8) is 0 Å². The van der Waals surface area contributed by atoms with Crippen molar-refractivity contribution in [2.75, 3.05) is 13.2 Å². The number of aliphatic hydroxyl groups excluding tert-OH is 1. The van der Waals surface area contributed by atoms with Crippen molar-refractivity contribution in [3.8, 4) is 0 Å². The van der Waals surface area contributed by atoms with Crippen LogP contribution in [0.4, 0.5) is 0 Å². The molecule has 1 atom stereocenters. The zero-order valence-corrected chi connectivity index (χ0v) is 11.5. The summed E-state index contributed by atoms with van der Waals surface area (Å²) in [4.78, 5) is 11.9. The van der Waals surface area contributed by atoms with E-state index in [1.807, 2.05) is 13.0 Å². The van der Waals surface area contributed by atoms with E-state index in [1.165, 1.54) is 32.1 Å². The molecule has 1 aliphatic rings. The first kappa shape index (κ1) is 14.1. The first-order chi connectivity index (χ1) is 9.20. The summed E-state index contributed by atoms with van der Waals surface area (Å²) < 4.78 is 0. The van der Waals surface area contributed by atoms with Crippen molar-refractivity contribution in [1.29, 1.82) is 0 Å². The van der Waals surface area contributed by atoms with E-state index in [0.29, 0.717) is 18.2 Å². The first-order valence-electron chi connectivity index (χ1n) is 7.15. The van der Waals surface area contributed by atoms with E-state index in [1.54, 1.807) is 0 Å². The average Bonchev–Trinajstić information content (AvgIpc) is 2.95. The van der Waals surface area contributed by atoms with Crippen LogP contribution in [0.5, 0.6) is 0 Å². The number of amides is 1. The summed E-state index contributed by atoms with van der Waals surface area (Å²) in [6.07, 6.45) is 6.21. The van der Waals surface area contributed by atoms with Crippen LogP contribution in [0.3, 0.4) is 0 Å².